The topological polar surface area (TPSA) is 65.9 Å². The maximum absolute atomic E-state index is 11.8. The zero-order valence-electron chi connectivity index (χ0n) is 12.8. The van der Waals surface area contributed by atoms with Crippen molar-refractivity contribution >= 4 is 5.91 Å². The number of hydrogen-bond donors (Lipinski definition) is 1. The Balaban J connectivity index is 1.64. The molecule has 2 aliphatic heterocycles. The van der Waals surface area contributed by atoms with E-state index in [1.54, 1.807) is 4.90 Å². The van der Waals surface area contributed by atoms with Crippen molar-refractivity contribution in [3.63, 3.8) is 0 Å². The Morgan fingerprint density at radius 1 is 1.32 bits per heavy atom. The summed E-state index contributed by atoms with van der Waals surface area (Å²) in [6.45, 7) is 4.69. The van der Waals surface area contributed by atoms with Gasteiger partial charge in [-0.2, -0.15) is 0 Å². The zero-order chi connectivity index (χ0) is 15.4. The molecule has 0 saturated carbocycles. The summed E-state index contributed by atoms with van der Waals surface area (Å²) in [6.07, 6.45) is 3.79. The summed E-state index contributed by atoms with van der Waals surface area (Å²) in [5.41, 5.74) is 2.11. The first kappa shape index (κ1) is 15.4. The van der Waals surface area contributed by atoms with E-state index in [0.717, 1.165) is 51.4 Å². The number of aliphatic hydroxyl groups is 1. The van der Waals surface area contributed by atoms with Gasteiger partial charge in [-0.3, -0.25) is 14.7 Å². The molecule has 0 spiro atoms. The molecule has 120 valence electrons. The predicted octanol–water partition coefficient (Wildman–Crippen LogP) is 0.570. The van der Waals surface area contributed by atoms with Gasteiger partial charge in [0.15, 0.2) is 0 Å². The minimum absolute atomic E-state index is 0.0112. The summed E-state index contributed by atoms with van der Waals surface area (Å²) in [6, 6.07) is 4.12. The first-order valence-electron chi connectivity index (χ1n) is 7.93. The summed E-state index contributed by atoms with van der Waals surface area (Å²) in [5, 5.41) is 9.06. The molecule has 0 aliphatic carbocycles. The lowest BCUT2D eigenvalue weighted by Crippen LogP contribution is -2.35. The molecule has 6 nitrogen and oxygen atoms in total. The van der Waals surface area contributed by atoms with Gasteiger partial charge in [0.1, 0.15) is 6.61 Å². The van der Waals surface area contributed by atoms with E-state index in [1.165, 1.54) is 5.56 Å². The Kier molecular flexibility index (Phi) is 5.02. The third-order valence-corrected chi connectivity index (χ3v) is 4.41. The predicted molar refractivity (Wildman–Crippen MR) is 81.1 cm³/mol. The van der Waals surface area contributed by atoms with Crippen molar-refractivity contribution in [1.29, 1.82) is 0 Å². The van der Waals surface area contributed by atoms with Crippen molar-refractivity contribution in [2.45, 2.75) is 25.4 Å². The second-order valence-electron chi connectivity index (χ2n) is 5.88. The van der Waals surface area contributed by atoms with Gasteiger partial charge in [-0.25, -0.2) is 0 Å². The zero-order valence-corrected chi connectivity index (χ0v) is 12.8. The number of aliphatic hydroxyl groups excluding tert-OH is 1. The Labute approximate surface area is 130 Å². The van der Waals surface area contributed by atoms with Crippen LogP contribution in [0.2, 0.25) is 0 Å². The van der Waals surface area contributed by atoms with Gasteiger partial charge in [0.2, 0.25) is 5.91 Å². The molecular formula is C16H23N3O3. The minimum Gasteiger partial charge on any atom is -0.387 e. The first-order chi connectivity index (χ1) is 10.8. The Hall–Kier alpha value is -1.50. The van der Waals surface area contributed by atoms with Crippen molar-refractivity contribution in [2.24, 2.45) is 0 Å². The molecule has 1 aromatic rings. The van der Waals surface area contributed by atoms with Crippen molar-refractivity contribution in [1.82, 2.24) is 14.8 Å². The number of amides is 1. The van der Waals surface area contributed by atoms with Gasteiger partial charge in [0, 0.05) is 32.4 Å². The summed E-state index contributed by atoms with van der Waals surface area (Å²) >= 11 is 0. The van der Waals surface area contributed by atoms with Crippen LogP contribution in [0.5, 0.6) is 0 Å². The quantitative estimate of drug-likeness (QED) is 0.881. The highest BCUT2D eigenvalue weighted by Gasteiger charge is 2.30. The monoisotopic (exact) mass is 305 g/mol. The van der Waals surface area contributed by atoms with Crippen LogP contribution in [0.15, 0.2) is 18.3 Å². The van der Waals surface area contributed by atoms with Gasteiger partial charge >= 0.3 is 0 Å². The molecule has 2 fully saturated rings. The van der Waals surface area contributed by atoms with Crippen LogP contribution in [0.25, 0.3) is 0 Å². The number of morpholine rings is 1. The number of nitrogens with zero attached hydrogens (tertiary/aromatic N) is 3. The second kappa shape index (κ2) is 7.17. The lowest BCUT2D eigenvalue weighted by molar-refractivity contribution is -0.135. The van der Waals surface area contributed by atoms with Gasteiger partial charge < -0.3 is 14.7 Å². The Morgan fingerprint density at radius 2 is 2.14 bits per heavy atom. The van der Waals surface area contributed by atoms with E-state index in [0.29, 0.717) is 6.54 Å². The summed E-state index contributed by atoms with van der Waals surface area (Å²) in [5.74, 6) is -0.207. The van der Waals surface area contributed by atoms with Gasteiger partial charge in [0.05, 0.1) is 24.9 Å². The fraction of sp³-hybridized carbons (Fsp3) is 0.625. The van der Waals surface area contributed by atoms with E-state index in [9.17, 15) is 4.79 Å². The van der Waals surface area contributed by atoms with E-state index in [4.69, 9.17) is 9.84 Å². The highest BCUT2D eigenvalue weighted by atomic mass is 16.5. The summed E-state index contributed by atoms with van der Waals surface area (Å²) < 4.78 is 5.35. The maximum Gasteiger partial charge on any atom is 0.248 e. The number of hydrogen-bond acceptors (Lipinski definition) is 5. The highest BCUT2D eigenvalue weighted by Crippen LogP contribution is 2.30. The molecule has 2 aliphatic rings. The average molecular weight is 305 g/mol. The van der Waals surface area contributed by atoms with E-state index >= 15 is 0 Å². The van der Waals surface area contributed by atoms with E-state index in [-0.39, 0.29) is 11.9 Å². The fourth-order valence-corrected chi connectivity index (χ4v) is 3.21. The average Bonchev–Trinajstić information content (AvgIpc) is 3.05. The van der Waals surface area contributed by atoms with Gasteiger partial charge in [-0.15, -0.1) is 0 Å². The molecule has 3 rings (SSSR count). The number of pyridine rings is 1. The first-order valence-corrected chi connectivity index (χ1v) is 7.93. The normalized spacial score (nSPS) is 23.0. The Bertz CT molecular complexity index is 500. The molecule has 1 amide bonds. The molecule has 0 aromatic carbocycles. The van der Waals surface area contributed by atoms with Crippen LogP contribution in [0.3, 0.4) is 0 Å². The molecule has 1 atom stereocenters. The van der Waals surface area contributed by atoms with Gasteiger partial charge in [-0.1, -0.05) is 6.07 Å². The number of rotatable bonds is 4. The van der Waals surface area contributed by atoms with Crippen LogP contribution in [-0.2, 0) is 16.1 Å². The van der Waals surface area contributed by atoms with Gasteiger partial charge in [-0.05, 0) is 24.5 Å². The minimum atomic E-state index is -0.425. The molecule has 1 aromatic heterocycles. The molecule has 6 heteroatoms. The lowest BCUT2D eigenvalue weighted by atomic mass is 10.1. The molecule has 1 unspecified atom stereocenters. The molecule has 2 saturated heterocycles. The van der Waals surface area contributed by atoms with Crippen LogP contribution < -0.4 is 0 Å². The number of aromatic nitrogens is 1. The standard InChI is InChI=1S/C16H23N3O3/c20-12-16(21)19-5-1-2-15(19)14-4-3-13(10-17-14)11-18-6-8-22-9-7-18/h3-4,10,15,20H,1-2,5-9,11-12H2. The molecule has 1 N–H and O–H groups in total. The Morgan fingerprint density at radius 3 is 2.82 bits per heavy atom. The van der Waals surface area contributed by atoms with Crippen molar-refractivity contribution in [3.8, 4) is 0 Å². The van der Waals surface area contributed by atoms with Crippen LogP contribution in [0.1, 0.15) is 30.1 Å². The van der Waals surface area contributed by atoms with Crippen LogP contribution >= 0.6 is 0 Å². The third kappa shape index (κ3) is 3.45. The highest BCUT2D eigenvalue weighted by molar-refractivity contribution is 5.77. The van der Waals surface area contributed by atoms with Crippen LogP contribution in [0.4, 0.5) is 0 Å². The summed E-state index contributed by atoms with van der Waals surface area (Å²) in [7, 11) is 0. The smallest absolute Gasteiger partial charge is 0.248 e. The molecular weight excluding hydrogens is 282 g/mol. The molecule has 0 bridgehead atoms. The number of likely N-dealkylation sites (tertiary alicyclic amines) is 1. The largest absolute Gasteiger partial charge is 0.387 e. The number of ether oxygens (including phenoxy) is 1. The van der Waals surface area contributed by atoms with Gasteiger partial charge in [0.25, 0.3) is 0 Å². The van der Waals surface area contributed by atoms with E-state index in [2.05, 4.69) is 16.0 Å². The maximum atomic E-state index is 11.8. The molecule has 0 radical (unpaired) electrons. The second-order valence-corrected chi connectivity index (χ2v) is 5.88. The summed E-state index contributed by atoms with van der Waals surface area (Å²) in [4.78, 5) is 20.4. The van der Waals surface area contributed by atoms with Crippen molar-refractivity contribution < 1.29 is 14.6 Å². The number of carbonyl (C=O) groups excluding carboxylic acids is 1. The third-order valence-electron chi connectivity index (χ3n) is 4.41. The molecule has 22 heavy (non-hydrogen) atoms. The fourth-order valence-electron chi connectivity index (χ4n) is 3.21. The number of carbonyl (C=O) groups is 1. The van der Waals surface area contributed by atoms with Crippen molar-refractivity contribution in [2.75, 3.05) is 39.5 Å². The van der Waals surface area contributed by atoms with E-state index in [1.807, 2.05) is 12.3 Å². The SMILES string of the molecule is O=C(CO)N1CCCC1c1ccc(CN2CCOCC2)cn1. The van der Waals surface area contributed by atoms with Crippen LogP contribution in [0, 0.1) is 0 Å². The van der Waals surface area contributed by atoms with Crippen molar-refractivity contribution in [3.05, 3.63) is 29.6 Å². The van der Waals surface area contributed by atoms with E-state index < -0.39 is 6.61 Å². The lowest BCUT2D eigenvalue weighted by Gasteiger charge is -2.27. The van der Waals surface area contributed by atoms with Crippen LogP contribution in [-0.4, -0.2) is 65.3 Å². The molecule has 3 heterocycles.